The van der Waals surface area contributed by atoms with Crippen molar-refractivity contribution in [3.63, 3.8) is 0 Å². The van der Waals surface area contributed by atoms with E-state index in [2.05, 4.69) is 20.4 Å². The average Bonchev–Trinajstić information content (AvgIpc) is 3.00. The minimum Gasteiger partial charge on any atom is -0.363 e. The van der Waals surface area contributed by atoms with Crippen LogP contribution in [0.25, 0.3) is 5.65 Å². The van der Waals surface area contributed by atoms with E-state index >= 15 is 0 Å². The second-order valence-corrected chi connectivity index (χ2v) is 5.04. The van der Waals surface area contributed by atoms with Gasteiger partial charge in [-0.25, -0.2) is 4.98 Å². The van der Waals surface area contributed by atoms with Crippen molar-refractivity contribution in [1.82, 2.24) is 24.9 Å². The SMILES string of the molecule is CN(C)c1cc(C(=O)NCc2cccnc2)nc2ccnn12. The Morgan fingerprint density at radius 1 is 1.32 bits per heavy atom. The molecule has 0 saturated carbocycles. The molecule has 3 aromatic heterocycles. The van der Waals surface area contributed by atoms with E-state index in [0.717, 1.165) is 11.4 Å². The molecule has 3 heterocycles. The van der Waals surface area contributed by atoms with Crippen molar-refractivity contribution in [2.75, 3.05) is 19.0 Å². The van der Waals surface area contributed by atoms with Crippen LogP contribution in [0.4, 0.5) is 5.82 Å². The molecule has 3 aromatic rings. The van der Waals surface area contributed by atoms with E-state index in [4.69, 9.17) is 0 Å². The van der Waals surface area contributed by atoms with E-state index in [1.807, 2.05) is 31.1 Å². The fourth-order valence-corrected chi connectivity index (χ4v) is 2.11. The minimum absolute atomic E-state index is 0.226. The fraction of sp³-hybridized carbons (Fsp3) is 0.200. The lowest BCUT2D eigenvalue weighted by atomic mass is 10.2. The quantitative estimate of drug-likeness (QED) is 0.781. The normalized spacial score (nSPS) is 10.6. The van der Waals surface area contributed by atoms with Gasteiger partial charge in [-0.05, 0) is 11.6 Å². The number of pyridine rings is 1. The van der Waals surface area contributed by atoms with Gasteiger partial charge in [0.25, 0.3) is 5.91 Å². The zero-order valence-electron chi connectivity index (χ0n) is 12.4. The number of aromatic nitrogens is 4. The van der Waals surface area contributed by atoms with Crippen molar-refractivity contribution in [2.45, 2.75) is 6.54 Å². The van der Waals surface area contributed by atoms with E-state index in [1.165, 1.54) is 0 Å². The predicted octanol–water partition coefficient (Wildman–Crippen LogP) is 1.12. The third-order valence-corrected chi connectivity index (χ3v) is 3.21. The van der Waals surface area contributed by atoms with Crippen LogP contribution in [-0.4, -0.2) is 39.6 Å². The topological polar surface area (TPSA) is 75.4 Å². The van der Waals surface area contributed by atoms with Crippen LogP contribution in [0.15, 0.2) is 42.9 Å². The maximum absolute atomic E-state index is 12.3. The van der Waals surface area contributed by atoms with E-state index in [-0.39, 0.29) is 5.91 Å². The molecule has 0 spiro atoms. The maximum atomic E-state index is 12.3. The number of hydrogen-bond donors (Lipinski definition) is 1. The first kappa shape index (κ1) is 14.0. The van der Waals surface area contributed by atoms with Crippen molar-refractivity contribution >= 4 is 17.4 Å². The molecule has 1 N–H and O–H groups in total. The Morgan fingerprint density at radius 2 is 2.18 bits per heavy atom. The van der Waals surface area contributed by atoms with Gasteiger partial charge in [0, 0.05) is 45.2 Å². The number of carbonyl (C=O) groups is 1. The largest absolute Gasteiger partial charge is 0.363 e. The van der Waals surface area contributed by atoms with Crippen molar-refractivity contribution in [3.8, 4) is 0 Å². The zero-order chi connectivity index (χ0) is 15.5. The van der Waals surface area contributed by atoms with Gasteiger partial charge in [-0.15, -0.1) is 0 Å². The van der Waals surface area contributed by atoms with E-state index in [0.29, 0.717) is 17.9 Å². The summed E-state index contributed by atoms with van der Waals surface area (Å²) in [6.45, 7) is 0.413. The lowest BCUT2D eigenvalue weighted by molar-refractivity contribution is 0.0946. The van der Waals surface area contributed by atoms with Crippen LogP contribution in [0.2, 0.25) is 0 Å². The molecule has 0 saturated heterocycles. The van der Waals surface area contributed by atoms with Crippen LogP contribution in [0.1, 0.15) is 16.1 Å². The molecule has 0 aliphatic heterocycles. The highest BCUT2D eigenvalue weighted by Crippen LogP contribution is 2.14. The van der Waals surface area contributed by atoms with Crippen LogP contribution >= 0.6 is 0 Å². The molecule has 22 heavy (non-hydrogen) atoms. The lowest BCUT2D eigenvalue weighted by Gasteiger charge is -2.15. The standard InChI is InChI=1S/C15H16N6O/c1-20(2)14-8-12(19-13-5-7-18-21(13)14)15(22)17-10-11-4-3-6-16-9-11/h3-9H,10H2,1-2H3,(H,17,22). The van der Waals surface area contributed by atoms with Crippen molar-refractivity contribution in [3.05, 3.63) is 54.1 Å². The van der Waals surface area contributed by atoms with Gasteiger partial charge >= 0.3 is 0 Å². The third kappa shape index (κ3) is 2.73. The molecule has 0 unspecified atom stereocenters. The summed E-state index contributed by atoms with van der Waals surface area (Å²) in [5.41, 5.74) is 1.94. The van der Waals surface area contributed by atoms with Crippen LogP contribution in [0, 0.1) is 0 Å². The third-order valence-electron chi connectivity index (χ3n) is 3.21. The summed E-state index contributed by atoms with van der Waals surface area (Å²) in [5.74, 6) is 0.567. The van der Waals surface area contributed by atoms with Gasteiger partial charge in [-0.1, -0.05) is 6.07 Å². The van der Waals surface area contributed by atoms with E-state index < -0.39 is 0 Å². The monoisotopic (exact) mass is 296 g/mol. The molecule has 0 aliphatic rings. The second-order valence-electron chi connectivity index (χ2n) is 5.04. The first-order chi connectivity index (χ1) is 10.6. The number of hydrogen-bond acceptors (Lipinski definition) is 5. The molecule has 7 nitrogen and oxygen atoms in total. The molecular weight excluding hydrogens is 280 g/mol. The van der Waals surface area contributed by atoms with Gasteiger partial charge < -0.3 is 10.2 Å². The molecule has 1 amide bonds. The Bertz CT molecular complexity index is 796. The van der Waals surface area contributed by atoms with Crippen LogP contribution in [-0.2, 0) is 6.54 Å². The molecule has 0 atom stereocenters. The summed E-state index contributed by atoms with van der Waals surface area (Å²) >= 11 is 0. The maximum Gasteiger partial charge on any atom is 0.270 e. The van der Waals surface area contributed by atoms with Crippen molar-refractivity contribution < 1.29 is 4.79 Å². The molecule has 0 radical (unpaired) electrons. The molecule has 7 heteroatoms. The van der Waals surface area contributed by atoms with Crippen LogP contribution in [0.5, 0.6) is 0 Å². The summed E-state index contributed by atoms with van der Waals surface area (Å²) in [4.78, 5) is 22.6. The van der Waals surface area contributed by atoms with Gasteiger partial charge in [0.15, 0.2) is 5.65 Å². The second kappa shape index (κ2) is 5.80. The summed E-state index contributed by atoms with van der Waals surface area (Å²) in [6.07, 6.45) is 5.08. The number of anilines is 1. The highest BCUT2D eigenvalue weighted by atomic mass is 16.1. The Balaban J connectivity index is 1.84. The van der Waals surface area contributed by atoms with Crippen LogP contribution in [0.3, 0.4) is 0 Å². The van der Waals surface area contributed by atoms with Gasteiger partial charge in [-0.3, -0.25) is 9.78 Å². The summed E-state index contributed by atoms with van der Waals surface area (Å²) < 4.78 is 1.69. The van der Waals surface area contributed by atoms with Gasteiger partial charge in [0.1, 0.15) is 11.5 Å². The Morgan fingerprint density at radius 3 is 2.91 bits per heavy atom. The number of rotatable bonds is 4. The molecule has 0 aromatic carbocycles. The molecule has 0 fully saturated rings. The predicted molar refractivity (Wildman–Crippen MR) is 82.7 cm³/mol. The van der Waals surface area contributed by atoms with Crippen LogP contribution < -0.4 is 10.2 Å². The number of amides is 1. The van der Waals surface area contributed by atoms with Gasteiger partial charge in [0.2, 0.25) is 0 Å². The van der Waals surface area contributed by atoms with Gasteiger partial charge in [0.05, 0.1) is 6.20 Å². The van der Waals surface area contributed by atoms with E-state index in [1.54, 1.807) is 35.2 Å². The lowest BCUT2D eigenvalue weighted by Crippen LogP contribution is -2.25. The summed E-state index contributed by atoms with van der Waals surface area (Å²) in [7, 11) is 3.79. The molecular formula is C15H16N6O. The van der Waals surface area contributed by atoms with Crippen molar-refractivity contribution in [2.24, 2.45) is 0 Å². The molecule has 0 bridgehead atoms. The smallest absolute Gasteiger partial charge is 0.270 e. The number of fused-ring (bicyclic) bond motifs is 1. The Hall–Kier alpha value is -2.96. The first-order valence-corrected chi connectivity index (χ1v) is 6.84. The minimum atomic E-state index is -0.226. The zero-order valence-corrected chi connectivity index (χ0v) is 12.4. The molecule has 3 rings (SSSR count). The highest BCUT2D eigenvalue weighted by molar-refractivity contribution is 5.93. The Kier molecular flexibility index (Phi) is 3.69. The number of nitrogens with zero attached hydrogens (tertiary/aromatic N) is 5. The summed E-state index contributed by atoms with van der Waals surface area (Å²) in [6, 6.07) is 7.23. The summed E-state index contributed by atoms with van der Waals surface area (Å²) in [5, 5.41) is 7.06. The van der Waals surface area contributed by atoms with E-state index in [9.17, 15) is 4.79 Å². The first-order valence-electron chi connectivity index (χ1n) is 6.84. The highest BCUT2D eigenvalue weighted by Gasteiger charge is 2.13. The molecule has 0 aliphatic carbocycles. The molecule has 112 valence electrons. The van der Waals surface area contributed by atoms with Crippen molar-refractivity contribution in [1.29, 1.82) is 0 Å². The number of nitrogens with one attached hydrogen (secondary N) is 1. The fourth-order valence-electron chi connectivity index (χ4n) is 2.11. The average molecular weight is 296 g/mol. The number of carbonyl (C=O) groups excluding carboxylic acids is 1. The Labute approximate surface area is 127 Å². The van der Waals surface area contributed by atoms with Gasteiger partial charge in [-0.2, -0.15) is 9.61 Å².